The number of halogens is 1. The number of hydrogen-bond acceptors (Lipinski definition) is 1. The van der Waals surface area contributed by atoms with Gasteiger partial charge in [-0.1, -0.05) is 41.9 Å². The lowest BCUT2D eigenvalue weighted by molar-refractivity contribution is 0.603. The zero-order valence-corrected chi connectivity index (χ0v) is 11.7. The molecule has 0 saturated carbocycles. The van der Waals surface area contributed by atoms with E-state index in [-0.39, 0.29) is 0 Å². The molecule has 1 fully saturated rings. The van der Waals surface area contributed by atoms with E-state index >= 15 is 0 Å². The maximum absolute atomic E-state index is 3.68. The molecule has 88 valence electrons. The Morgan fingerprint density at radius 1 is 1.44 bits per heavy atom. The molecular weight excluding hydrogens is 262 g/mol. The van der Waals surface area contributed by atoms with Crippen molar-refractivity contribution in [3.63, 3.8) is 0 Å². The summed E-state index contributed by atoms with van der Waals surface area (Å²) in [5, 5.41) is 3.55. The molecule has 0 aromatic heterocycles. The third kappa shape index (κ3) is 2.86. The maximum Gasteiger partial charge on any atom is 0.0212 e. The van der Waals surface area contributed by atoms with Gasteiger partial charge < -0.3 is 5.32 Å². The number of nitrogens with one attached hydrogen (secondary N) is 1. The van der Waals surface area contributed by atoms with E-state index < -0.39 is 0 Å². The van der Waals surface area contributed by atoms with Crippen molar-refractivity contribution < 1.29 is 0 Å². The molecule has 16 heavy (non-hydrogen) atoms. The van der Waals surface area contributed by atoms with E-state index in [1.807, 2.05) is 0 Å². The predicted octanol–water partition coefficient (Wildman–Crippen LogP) is 3.87. The molecule has 1 N–H and O–H groups in total. The first-order valence-corrected chi connectivity index (χ1v) is 6.98. The minimum Gasteiger partial charge on any atom is -0.314 e. The molecule has 1 nitrogen and oxygen atoms in total. The Morgan fingerprint density at radius 2 is 2.25 bits per heavy atom. The highest BCUT2D eigenvalue weighted by Gasteiger charge is 2.15. The highest BCUT2D eigenvalue weighted by atomic mass is 79.9. The second kappa shape index (κ2) is 5.33. The third-order valence-electron chi connectivity index (χ3n) is 3.33. The average molecular weight is 282 g/mol. The van der Waals surface area contributed by atoms with Crippen LogP contribution in [0.3, 0.4) is 0 Å². The van der Waals surface area contributed by atoms with Gasteiger partial charge in [-0.25, -0.2) is 0 Å². The van der Waals surface area contributed by atoms with E-state index in [1.165, 1.54) is 35.0 Å². The SMILES string of the molecule is CC(C)c1ccc(CC2CCCN2)cc1Br. The molecule has 0 radical (unpaired) electrons. The lowest BCUT2D eigenvalue weighted by atomic mass is 9.98. The lowest BCUT2D eigenvalue weighted by Gasteiger charge is -2.13. The van der Waals surface area contributed by atoms with Crippen LogP contribution in [-0.2, 0) is 6.42 Å². The number of rotatable bonds is 3. The summed E-state index contributed by atoms with van der Waals surface area (Å²) >= 11 is 3.68. The lowest BCUT2D eigenvalue weighted by Crippen LogP contribution is -2.23. The van der Waals surface area contributed by atoms with Crippen LogP contribution < -0.4 is 5.32 Å². The van der Waals surface area contributed by atoms with Crippen molar-refractivity contribution in [3.05, 3.63) is 33.8 Å². The summed E-state index contributed by atoms with van der Waals surface area (Å²) < 4.78 is 1.26. The van der Waals surface area contributed by atoms with E-state index in [4.69, 9.17) is 0 Å². The van der Waals surface area contributed by atoms with Crippen LogP contribution in [0.4, 0.5) is 0 Å². The van der Waals surface area contributed by atoms with Gasteiger partial charge in [0.15, 0.2) is 0 Å². The second-order valence-electron chi connectivity index (χ2n) is 5.01. The first-order valence-electron chi connectivity index (χ1n) is 6.18. The molecule has 1 aromatic carbocycles. The Balaban J connectivity index is 2.08. The minimum absolute atomic E-state index is 0.591. The molecule has 1 aliphatic heterocycles. The molecule has 2 rings (SSSR count). The van der Waals surface area contributed by atoms with Gasteiger partial charge in [0.2, 0.25) is 0 Å². The van der Waals surface area contributed by atoms with Crippen molar-refractivity contribution in [2.75, 3.05) is 6.54 Å². The molecule has 1 aromatic rings. The van der Waals surface area contributed by atoms with Crippen LogP contribution in [-0.4, -0.2) is 12.6 Å². The van der Waals surface area contributed by atoms with Gasteiger partial charge in [-0.15, -0.1) is 0 Å². The molecule has 2 heteroatoms. The van der Waals surface area contributed by atoms with Crippen LogP contribution in [0, 0.1) is 0 Å². The van der Waals surface area contributed by atoms with Crippen LogP contribution in [0.25, 0.3) is 0 Å². The van der Waals surface area contributed by atoms with Crippen LogP contribution >= 0.6 is 15.9 Å². The monoisotopic (exact) mass is 281 g/mol. The van der Waals surface area contributed by atoms with Crippen LogP contribution in [0.15, 0.2) is 22.7 Å². The summed E-state index contributed by atoms with van der Waals surface area (Å²) in [5.41, 5.74) is 2.85. The first kappa shape index (κ1) is 12.1. The van der Waals surface area contributed by atoms with Gasteiger partial charge in [0.25, 0.3) is 0 Å². The molecule has 0 aliphatic carbocycles. The Hall–Kier alpha value is -0.340. The topological polar surface area (TPSA) is 12.0 Å². The first-order chi connectivity index (χ1) is 7.66. The fraction of sp³-hybridized carbons (Fsp3) is 0.571. The van der Waals surface area contributed by atoms with Crippen LogP contribution in [0.2, 0.25) is 0 Å². The third-order valence-corrected chi connectivity index (χ3v) is 4.02. The van der Waals surface area contributed by atoms with Crippen LogP contribution in [0.1, 0.15) is 43.7 Å². The van der Waals surface area contributed by atoms with Gasteiger partial charge in [-0.2, -0.15) is 0 Å². The van der Waals surface area contributed by atoms with E-state index in [0.29, 0.717) is 12.0 Å². The summed E-state index contributed by atoms with van der Waals surface area (Å²) in [7, 11) is 0. The van der Waals surface area contributed by atoms with Crippen molar-refractivity contribution in [2.24, 2.45) is 0 Å². The molecule has 1 heterocycles. The van der Waals surface area contributed by atoms with Gasteiger partial charge >= 0.3 is 0 Å². The largest absolute Gasteiger partial charge is 0.314 e. The molecule has 0 spiro atoms. The molecule has 1 unspecified atom stereocenters. The fourth-order valence-electron chi connectivity index (χ4n) is 2.38. The van der Waals surface area contributed by atoms with E-state index in [1.54, 1.807) is 0 Å². The Morgan fingerprint density at radius 3 is 2.81 bits per heavy atom. The Kier molecular flexibility index (Phi) is 4.04. The minimum atomic E-state index is 0.591. The summed E-state index contributed by atoms with van der Waals surface area (Å²) in [6.45, 7) is 5.66. The molecule has 1 atom stereocenters. The predicted molar refractivity (Wildman–Crippen MR) is 73.0 cm³/mol. The van der Waals surface area contributed by atoms with Crippen molar-refractivity contribution in [3.8, 4) is 0 Å². The second-order valence-corrected chi connectivity index (χ2v) is 5.86. The van der Waals surface area contributed by atoms with Gasteiger partial charge in [0.05, 0.1) is 0 Å². The molecule has 0 bridgehead atoms. The van der Waals surface area contributed by atoms with Crippen molar-refractivity contribution in [1.82, 2.24) is 5.32 Å². The molecule has 1 aliphatic rings. The fourth-order valence-corrected chi connectivity index (χ4v) is 3.27. The van der Waals surface area contributed by atoms with Gasteiger partial charge in [-0.05, 0) is 48.9 Å². The summed E-state index contributed by atoms with van der Waals surface area (Å²) in [4.78, 5) is 0. The molecule has 0 amide bonds. The smallest absolute Gasteiger partial charge is 0.0212 e. The standard InChI is InChI=1S/C14H20BrN/c1-10(2)13-6-5-11(9-14(13)15)8-12-4-3-7-16-12/h5-6,9-10,12,16H,3-4,7-8H2,1-2H3. The van der Waals surface area contributed by atoms with E-state index in [0.717, 1.165) is 6.42 Å². The highest BCUT2D eigenvalue weighted by Crippen LogP contribution is 2.26. The zero-order chi connectivity index (χ0) is 11.5. The van der Waals surface area contributed by atoms with Gasteiger partial charge in [-0.3, -0.25) is 0 Å². The normalized spacial score (nSPS) is 20.6. The van der Waals surface area contributed by atoms with Crippen molar-refractivity contribution in [2.45, 2.75) is 45.1 Å². The van der Waals surface area contributed by atoms with Crippen molar-refractivity contribution >= 4 is 15.9 Å². The Labute approximate surface area is 107 Å². The highest BCUT2D eigenvalue weighted by molar-refractivity contribution is 9.10. The Bertz CT molecular complexity index is 354. The maximum atomic E-state index is 3.68. The number of hydrogen-bond donors (Lipinski definition) is 1. The zero-order valence-electron chi connectivity index (χ0n) is 10.1. The quantitative estimate of drug-likeness (QED) is 0.887. The van der Waals surface area contributed by atoms with Crippen LogP contribution in [0.5, 0.6) is 0 Å². The summed E-state index contributed by atoms with van der Waals surface area (Å²) in [6, 6.07) is 7.52. The summed E-state index contributed by atoms with van der Waals surface area (Å²) in [6.07, 6.45) is 3.82. The molecular formula is C14H20BrN. The van der Waals surface area contributed by atoms with Gasteiger partial charge in [0, 0.05) is 10.5 Å². The molecule has 1 saturated heterocycles. The number of benzene rings is 1. The van der Waals surface area contributed by atoms with Crippen molar-refractivity contribution in [1.29, 1.82) is 0 Å². The van der Waals surface area contributed by atoms with E-state index in [2.05, 4.69) is 53.3 Å². The van der Waals surface area contributed by atoms with Gasteiger partial charge in [0.1, 0.15) is 0 Å². The average Bonchev–Trinajstić information content (AvgIpc) is 2.70. The summed E-state index contributed by atoms with van der Waals surface area (Å²) in [5.74, 6) is 0.591. The van der Waals surface area contributed by atoms with E-state index in [9.17, 15) is 0 Å².